The average molecular weight is 344 g/mol. The van der Waals surface area contributed by atoms with Gasteiger partial charge in [0.2, 0.25) is 0 Å². The zero-order valence-corrected chi connectivity index (χ0v) is 14.0. The van der Waals surface area contributed by atoms with Crippen LogP contribution in [-0.2, 0) is 4.74 Å². The Labute approximate surface area is 143 Å². The Morgan fingerprint density at radius 1 is 1.17 bits per heavy atom. The van der Waals surface area contributed by atoms with Crippen LogP contribution < -0.4 is 0 Å². The van der Waals surface area contributed by atoms with E-state index in [1.807, 2.05) is 31.2 Å². The number of ether oxygens (including phenoxy) is 1. The van der Waals surface area contributed by atoms with Crippen LogP contribution in [0.3, 0.4) is 0 Å². The van der Waals surface area contributed by atoms with E-state index in [4.69, 9.17) is 21.7 Å². The van der Waals surface area contributed by atoms with Gasteiger partial charge >= 0.3 is 5.97 Å². The standard InChI is InChI=1S/C18H14ClNO2S/c1-11-12-6-3-5-9-16(12)23-17(11)15(20)10-22-18(21)13-7-2-4-8-14(13)19/h2-9,20H,10H2,1H3. The highest BCUT2D eigenvalue weighted by Gasteiger charge is 2.16. The largest absolute Gasteiger partial charge is 0.456 e. The number of carbonyl (C=O) groups is 1. The quantitative estimate of drug-likeness (QED) is 0.530. The third kappa shape index (κ3) is 3.14. The molecule has 0 atom stereocenters. The summed E-state index contributed by atoms with van der Waals surface area (Å²) in [4.78, 5) is 12.9. The summed E-state index contributed by atoms with van der Waals surface area (Å²) in [5, 5.41) is 9.70. The third-order valence-electron chi connectivity index (χ3n) is 3.56. The maximum absolute atomic E-state index is 12.1. The van der Waals surface area contributed by atoms with Crippen LogP contribution in [0.1, 0.15) is 20.8 Å². The predicted molar refractivity (Wildman–Crippen MR) is 95.1 cm³/mol. The number of benzene rings is 2. The highest BCUT2D eigenvalue weighted by atomic mass is 35.5. The lowest BCUT2D eigenvalue weighted by Crippen LogP contribution is -2.14. The molecule has 0 unspecified atom stereocenters. The number of fused-ring (bicyclic) bond motifs is 1. The summed E-state index contributed by atoms with van der Waals surface area (Å²) < 4.78 is 6.36. The van der Waals surface area contributed by atoms with Crippen LogP contribution in [0.2, 0.25) is 5.02 Å². The molecule has 0 fully saturated rings. The van der Waals surface area contributed by atoms with E-state index < -0.39 is 5.97 Å². The molecule has 0 aliphatic carbocycles. The Bertz CT molecular complexity index is 901. The van der Waals surface area contributed by atoms with Gasteiger partial charge < -0.3 is 10.1 Å². The second-order valence-corrected chi connectivity index (χ2v) is 6.55. The van der Waals surface area contributed by atoms with E-state index in [9.17, 15) is 4.79 Å². The smallest absolute Gasteiger partial charge is 0.340 e. The van der Waals surface area contributed by atoms with Crippen LogP contribution in [-0.4, -0.2) is 18.3 Å². The second kappa shape index (κ2) is 6.52. The van der Waals surface area contributed by atoms with E-state index in [1.54, 1.807) is 35.6 Å². The number of thiophene rings is 1. The highest BCUT2D eigenvalue weighted by Crippen LogP contribution is 2.30. The first-order valence-electron chi connectivity index (χ1n) is 7.05. The summed E-state index contributed by atoms with van der Waals surface area (Å²) in [5.41, 5.74) is 1.66. The summed E-state index contributed by atoms with van der Waals surface area (Å²) in [5.74, 6) is -0.515. The molecular weight excluding hydrogens is 330 g/mol. The number of carbonyl (C=O) groups excluding carboxylic acids is 1. The van der Waals surface area contributed by atoms with Gasteiger partial charge in [0, 0.05) is 4.70 Å². The van der Waals surface area contributed by atoms with Crippen LogP contribution in [0.15, 0.2) is 48.5 Å². The number of nitrogens with one attached hydrogen (secondary N) is 1. The second-order valence-electron chi connectivity index (χ2n) is 5.09. The first kappa shape index (κ1) is 15.7. The maximum Gasteiger partial charge on any atom is 0.340 e. The van der Waals surface area contributed by atoms with Crippen LogP contribution in [0, 0.1) is 12.3 Å². The van der Waals surface area contributed by atoms with Crippen molar-refractivity contribution >= 4 is 44.7 Å². The molecule has 1 aromatic heterocycles. The molecule has 0 bridgehead atoms. The normalized spacial score (nSPS) is 10.7. The van der Waals surface area contributed by atoms with Crippen LogP contribution in [0.5, 0.6) is 0 Å². The Morgan fingerprint density at radius 3 is 2.61 bits per heavy atom. The lowest BCUT2D eigenvalue weighted by molar-refractivity contribution is 0.0563. The highest BCUT2D eigenvalue weighted by molar-refractivity contribution is 7.21. The number of esters is 1. The van der Waals surface area contributed by atoms with Gasteiger partial charge in [0.25, 0.3) is 0 Å². The summed E-state index contributed by atoms with van der Waals surface area (Å²) in [7, 11) is 0. The van der Waals surface area contributed by atoms with Gasteiger partial charge in [-0.05, 0) is 36.1 Å². The van der Waals surface area contributed by atoms with E-state index in [0.717, 1.165) is 20.5 Å². The molecule has 23 heavy (non-hydrogen) atoms. The molecule has 2 aromatic carbocycles. The Kier molecular flexibility index (Phi) is 4.46. The van der Waals surface area contributed by atoms with Crippen LogP contribution >= 0.6 is 22.9 Å². The lowest BCUT2D eigenvalue weighted by atomic mass is 10.1. The molecule has 3 aromatic rings. The monoisotopic (exact) mass is 343 g/mol. The van der Waals surface area contributed by atoms with Gasteiger partial charge in [-0.3, -0.25) is 0 Å². The van der Waals surface area contributed by atoms with Gasteiger partial charge in [-0.25, -0.2) is 4.79 Å². The van der Waals surface area contributed by atoms with Crippen molar-refractivity contribution in [2.45, 2.75) is 6.92 Å². The number of aryl methyl sites for hydroxylation is 1. The molecule has 0 saturated heterocycles. The number of hydrogen-bond acceptors (Lipinski definition) is 4. The van der Waals surface area contributed by atoms with Gasteiger partial charge in [0.1, 0.15) is 6.61 Å². The molecule has 0 amide bonds. The topological polar surface area (TPSA) is 50.1 Å². The fourth-order valence-electron chi connectivity index (χ4n) is 2.37. The Balaban J connectivity index is 1.75. The van der Waals surface area contributed by atoms with E-state index in [1.165, 1.54) is 0 Å². The summed E-state index contributed by atoms with van der Waals surface area (Å²) >= 11 is 7.52. The molecule has 0 aliphatic rings. The van der Waals surface area contributed by atoms with Crippen molar-refractivity contribution in [2.75, 3.05) is 6.61 Å². The molecule has 0 radical (unpaired) electrons. The summed E-state index contributed by atoms with van der Waals surface area (Å²) in [6.07, 6.45) is 0. The average Bonchev–Trinajstić information content (AvgIpc) is 2.90. The Morgan fingerprint density at radius 2 is 1.87 bits per heavy atom. The zero-order valence-electron chi connectivity index (χ0n) is 12.4. The molecule has 1 heterocycles. The minimum absolute atomic E-state index is 0.0717. The van der Waals surface area contributed by atoms with E-state index in [-0.39, 0.29) is 6.61 Å². The van der Waals surface area contributed by atoms with Crippen molar-refractivity contribution < 1.29 is 9.53 Å². The fraction of sp³-hybridized carbons (Fsp3) is 0.111. The summed E-state index contributed by atoms with van der Waals surface area (Å²) in [6.45, 7) is 1.91. The Hall–Kier alpha value is -2.17. The fourth-order valence-corrected chi connectivity index (χ4v) is 3.73. The lowest BCUT2D eigenvalue weighted by Gasteiger charge is -2.07. The molecule has 0 aliphatic heterocycles. The van der Waals surface area contributed by atoms with Crippen molar-refractivity contribution in [1.29, 1.82) is 5.41 Å². The van der Waals surface area contributed by atoms with Crippen molar-refractivity contribution in [2.24, 2.45) is 0 Å². The molecule has 0 spiro atoms. The van der Waals surface area contributed by atoms with Crippen molar-refractivity contribution in [3.8, 4) is 0 Å². The van der Waals surface area contributed by atoms with Gasteiger partial charge in [-0.2, -0.15) is 0 Å². The first-order chi connectivity index (χ1) is 11.1. The molecule has 0 saturated carbocycles. The van der Waals surface area contributed by atoms with Gasteiger partial charge in [-0.15, -0.1) is 11.3 Å². The van der Waals surface area contributed by atoms with Crippen molar-refractivity contribution in [1.82, 2.24) is 0 Å². The third-order valence-corrected chi connectivity index (χ3v) is 5.22. The van der Waals surface area contributed by atoms with Crippen molar-refractivity contribution in [3.63, 3.8) is 0 Å². The number of rotatable bonds is 4. The molecule has 3 nitrogen and oxygen atoms in total. The minimum Gasteiger partial charge on any atom is -0.456 e. The molecular formula is C18H14ClNO2S. The van der Waals surface area contributed by atoms with Crippen LogP contribution in [0.25, 0.3) is 10.1 Å². The maximum atomic E-state index is 12.1. The SMILES string of the molecule is Cc1c(C(=N)COC(=O)c2ccccc2Cl)sc2ccccc12. The van der Waals surface area contributed by atoms with Crippen molar-refractivity contribution in [3.05, 3.63) is 69.6 Å². The van der Waals surface area contributed by atoms with Gasteiger partial charge in [0.05, 0.1) is 21.2 Å². The van der Waals surface area contributed by atoms with E-state index in [2.05, 4.69) is 0 Å². The minimum atomic E-state index is -0.515. The van der Waals surface area contributed by atoms with Gasteiger partial charge in [-0.1, -0.05) is 41.9 Å². The van der Waals surface area contributed by atoms with E-state index >= 15 is 0 Å². The molecule has 5 heteroatoms. The van der Waals surface area contributed by atoms with E-state index in [0.29, 0.717) is 16.3 Å². The molecule has 3 rings (SSSR count). The molecule has 116 valence electrons. The zero-order chi connectivity index (χ0) is 16.4. The predicted octanol–water partition coefficient (Wildman–Crippen LogP) is 5.09. The number of halogens is 1. The van der Waals surface area contributed by atoms with Crippen LogP contribution in [0.4, 0.5) is 0 Å². The van der Waals surface area contributed by atoms with Gasteiger partial charge in [0.15, 0.2) is 0 Å². The number of hydrogen-bond donors (Lipinski definition) is 1. The molecule has 1 N–H and O–H groups in total. The summed E-state index contributed by atoms with van der Waals surface area (Å²) in [6, 6.07) is 14.7. The first-order valence-corrected chi connectivity index (χ1v) is 8.25.